The highest BCUT2D eigenvalue weighted by atomic mass is 14.6. The average molecular weight is 137 g/mol. The number of allylic oxidation sites excluding steroid dienone is 2. The molecule has 0 aromatic heterocycles. The van der Waals surface area contributed by atoms with E-state index < -0.39 is 0 Å². The summed E-state index contributed by atoms with van der Waals surface area (Å²) >= 11 is 0. The van der Waals surface area contributed by atoms with Gasteiger partial charge >= 0.3 is 0 Å². The smallest absolute Gasteiger partial charge is 0.0288 e. The molecule has 0 aromatic rings. The third-order valence-corrected chi connectivity index (χ3v) is 1.89. The largest absolute Gasteiger partial charge is 0.324 e. The Morgan fingerprint density at radius 2 is 2.40 bits per heavy atom. The molecular weight excluding hydrogens is 122 g/mol. The van der Waals surface area contributed by atoms with Gasteiger partial charge in [0.25, 0.3) is 0 Å². The van der Waals surface area contributed by atoms with Crippen LogP contribution in [0.1, 0.15) is 26.2 Å². The molecule has 0 aromatic carbocycles. The Hall–Kier alpha value is -0.560. The van der Waals surface area contributed by atoms with Crippen LogP contribution in [0.3, 0.4) is 0 Å². The van der Waals surface area contributed by atoms with E-state index >= 15 is 0 Å². The summed E-state index contributed by atoms with van der Waals surface area (Å²) in [6, 6.07) is 0.261. The molecule has 0 aliphatic heterocycles. The van der Waals surface area contributed by atoms with Crippen molar-refractivity contribution in [2.24, 2.45) is 5.73 Å². The molecule has 0 saturated carbocycles. The van der Waals surface area contributed by atoms with Crippen LogP contribution >= 0.6 is 0 Å². The van der Waals surface area contributed by atoms with Crippen LogP contribution in [0.2, 0.25) is 0 Å². The summed E-state index contributed by atoms with van der Waals surface area (Å²) in [5, 5.41) is 0. The van der Waals surface area contributed by atoms with E-state index in [4.69, 9.17) is 5.73 Å². The number of hydrogen-bond donors (Lipinski definition) is 1. The topological polar surface area (TPSA) is 26.0 Å². The molecule has 0 heterocycles. The first-order valence-corrected chi connectivity index (χ1v) is 3.96. The Morgan fingerprint density at radius 1 is 1.60 bits per heavy atom. The second-order valence-corrected chi connectivity index (χ2v) is 2.70. The summed E-state index contributed by atoms with van der Waals surface area (Å²) in [7, 11) is 0. The van der Waals surface area contributed by atoms with Gasteiger partial charge in [0.1, 0.15) is 0 Å². The van der Waals surface area contributed by atoms with Crippen LogP contribution < -0.4 is 5.73 Å². The maximum Gasteiger partial charge on any atom is 0.0288 e. The molecule has 2 N–H and O–H groups in total. The standard InChI is InChI=1S/C9H15N/c1-2-9(10)8-6-4-3-5-7-8/h4,6-7,9H,2-3,5,10H2,1H3. The molecule has 56 valence electrons. The highest BCUT2D eigenvalue weighted by Gasteiger charge is 2.04. The van der Waals surface area contributed by atoms with Crippen molar-refractivity contribution in [2.75, 3.05) is 0 Å². The van der Waals surface area contributed by atoms with Crippen molar-refractivity contribution < 1.29 is 0 Å². The lowest BCUT2D eigenvalue weighted by atomic mass is 9.99. The first kappa shape index (κ1) is 7.55. The van der Waals surface area contributed by atoms with Crippen molar-refractivity contribution in [1.29, 1.82) is 0 Å². The van der Waals surface area contributed by atoms with E-state index in [2.05, 4.69) is 25.2 Å². The Labute approximate surface area is 62.6 Å². The maximum atomic E-state index is 5.83. The number of hydrogen-bond acceptors (Lipinski definition) is 1. The monoisotopic (exact) mass is 137 g/mol. The van der Waals surface area contributed by atoms with E-state index in [1.807, 2.05) is 0 Å². The third-order valence-electron chi connectivity index (χ3n) is 1.89. The fraction of sp³-hybridized carbons (Fsp3) is 0.556. The average Bonchev–Trinajstić information content (AvgIpc) is 2.05. The van der Waals surface area contributed by atoms with Gasteiger partial charge in [0, 0.05) is 6.04 Å². The first-order valence-electron chi connectivity index (χ1n) is 3.96. The van der Waals surface area contributed by atoms with Crippen LogP contribution in [-0.2, 0) is 0 Å². The van der Waals surface area contributed by atoms with E-state index in [-0.39, 0.29) is 6.04 Å². The van der Waals surface area contributed by atoms with Gasteiger partial charge < -0.3 is 5.73 Å². The van der Waals surface area contributed by atoms with Gasteiger partial charge in [-0.15, -0.1) is 0 Å². The van der Waals surface area contributed by atoms with Crippen LogP contribution in [0.15, 0.2) is 23.8 Å². The van der Waals surface area contributed by atoms with Crippen molar-refractivity contribution in [1.82, 2.24) is 0 Å². The van der Waals surface area contributed by atoms with Crippen LogP contribution in [0.5, 0.6) is 0 Å². The maximum absolute atomic E-state index is 5.83. The second-order valence-electron chi connectivity index (χ2n) is 2.70. The highest BCUT2D eigenvalue weighted by Crippen LogP contribution is 2.13. The number of rotatable bonds is 2. The summed E-state index contributed by atoms with van der Waals surface area (Å²) in [4.78, 5) is 0. The minimum Gasteiger partial charge on any atom is -0.324 e. The quantitative estimate of drug-likeness (QED) is 0.619. The van der Waals surface area contributed by atoms with E-state index in [0.29, 0.717) is 0 Å². The SMILES string of the molecule is CCC(N)C1=CCCC=C1. The molecular formula is C9H15N. The zero-order valence-electron chi connectivity index (χ0n) is 6.51. The lowest BCUT2D eigenvalue weighted by molar-refractivity contribution is 0.744. The minimum absolute atomic E-state index is 0.261. The van der Waals surface area contributed by atoms with Crippen LogP contribution in [-0.4, -0.2) is 6.04 Å². The van der Waals surface area contributed by atoms with Gasteiger partial charge in [-0.1, -0.05) is 25.2 Å². The van der Waals surface area contributed by atoms with Gasteiger partial charge in [-0.05, 0) is 24.8 Å². The summed E-state index contributed by atoms with van der Waals surface area (Å²) in [5.74, 6) is 0. The predicted octanol–water partition coefficient (Wildman–Crippen LogP) is 2.00. The van der Waals surface area contributed by atoms with Crippen LogP contribution in [0.25, 0.3) is 0 Å². The van der Waals surface area contributed by atoms with E-state index in [0.717, 1.165) is 6.42 Å². The highest BCUT2D eigenvalue weighted by molar-refractivity contribution is 5.26. The zero-order chi connectivity index (χ0) is 7.40. The van der Waals surface area contributed by atoms with Crippen molar-refractivity contribution in [3.63, 3.8) is 0 Å². The first-order chi connectivity index (χ1) is 4.84. The molecule has 0 bridgehead atoms. The van der Waals surface area contributed by atoms with E-state index in [1.54, 1.807) is 0 Å². The van der Waals surface area contributed by atoms with Gasteiger partial charge in [-0.3, -0.25) is 0 Å². The molecule has 1 nitrogen and oxygen atoms in total. The number of nitrogens with two attached hydrogens (primary N) is 1. The van der Waals surface area contributed by atoms with Crippen LogP contribution in [0.4, 0.5) is 0 Å². The molecule has 0 fully saturated rings. The molecule has 1 aliphatic carbocycles. The lowest BCUT2D eigenvalue weighted by Gasteiger charge is -2.12. The Balaban J connectivity index is 2.54. The van der Waals surface area contributed by atoms with E-state index in [1.165, 1.54) is 18.4 Å². The fourth-order valence-electron chi connectivity index (χ4n) is 1.14. The second kappa shape index (κ2) is 3.57. The zero-order valence-corrected chi connectivity index (χ0v) is 6.51. The minimum atomic E-state index is 0.261. The lowest BCUT2D eigenvalue weighted by Crippen LogP contribution is -2.20. The van der Waals surface area contributed by atoms with Crippen LogP contribution in [0, 0.1) is 0 Å². The molecule has 0 radical (unpaired) electrons. The summed E-state index contributed by atoms with van der Waals surface area (Å²) in [6.45, 7) is 2.12. The van der Waals surface area contributed by atoms with Crippen molar-refractivity contribution in [2.45, 2.75) is 32.2 Å². The third kappa shape index (κ3) is 1.71. The van der Waals surface area contributed by atoms with Gasteiger partial charge in [0.15, 0.2) is 0 Å². The molecule has 0 amide bonds. The Bertz CT molecular complexity index is 156. The van der Waals surface area contributed by atoms with Gasteiger partial charge in [0.2, 0.25) is 0 Å². The predicted molar refractivity (Wildman–Crippen MR) is 44.7 cm³/mol. The molecule has 10 heavy (non-hydrogen) atoms. The van der Waals surface area contributed by atoms with Gasteiger partial charge in [0.05, 0.1) is 0 Å². The van der Waals surface area contributed by atoms with E-state index in [9.17, 15) is 0 Å². The molecule has 1 heteroatoms. The summed E-state index contributed by atoms with van der Waals surface area (Å²) < 4.78 is 0. The molecule has 1 atom stereocenters. The van der Waals surface area contributed by atoms with Crippen molar-refractivity contribution >= 4 is 0 Å². The summed E-state index contributed by atoms with van der Waals surface area (Å²) in [6.07, 6.45) is 9.98. The Morgan fingerprint density at radius 3 is 2.90 bits per heavy atom. The Kier molecular flexibility index (Phi) is 2.69. The van der Waals surface area contributed by atoms with Crippen molar-refractivity contribution in [3.05, 3.63) is 23.8 Å². The van der Waals surface area contributed by atoms with Crippen molar-refractivity contribution in [3.8, 4) is 0 Å². The normalized spacial score (nSPS) is 20.4. The van der Waals surface area contributed by atoms with Gasteiger partial charge in [-0.2, -0.15) is 0 Å². The molecule has 0 saturated heterocycles. The van der Waals surface area contributed by atoms with Gasteiger partial charge in [-0.25, -0.2) is 0 Å². The molecule has 1 aliphatic rings. The molecule has 1 unspecified atom stereocenters. The molecule has 1 rings (SSSR count). The fourth-order valence-corrected chi connectivity index (χ4v) is 1.14. The summed E-state index contributed by atoms with van der Waals surface area (Å²) in [5.41, 5.74) is 7.14. The molecule has 0 spiro atoms.